The lowest BCUT2D eigenvalue weighted by molar-refractivity contribution is -0.121. The van der Waals surface area contributed by atoms with Gasteiger partial charge in [-0.2, -0.15) is 0 Å². The molecule has 1 N–H and O–H groups in total. The summed E-state index contributed by atoms with van der Waals surface area (Å²) in [6, 6.07) is 5.02. The lowest BCUT2D eigenvalue weighted by Crippen LogP contribution is -2.46. The lowest BCUT2D eigenvalue weighted by Gasteiger charge is -2.33. The van der Waals surface area contributed by atoms with Gasteiger partial charge in [-0.1, -0.05) is 6.92 Å². The molecule has 1 saturated heterocycles. The minimum Gasteiger partial charge on any atom is -0.356 e. The summed E-state index contributed by atoms with van der Waals surface area (Å²) in [6.45, 7) is 12.2. The van der Waals surface area contributed by atoms with Crippen molar-refractivity contribution in [1.29, 1.82) is 0 Å². The number of fused-ring (bicyclic) bond motifs is 1. The summed E-state index contributed by atoms with van der Waals surface area (Å²) in [7, 11) is -0.487. The minimum absolute atomic E-state index is 0.0244. The van der Waals surface area contributed by atoms with Crippen molar-refractivity contribution in [3.8, 4) is 0 Å². The summed E-state index contributed by atoms with van der Waals surface area (Å²) in [4.78, 5) is 22.2. The van der Waals surface area contributed by atoms with E-state index in [4.69, 9.17) is 0 Å². The average molecular weight is 479 g/mol. The normalized spacial score (nSPS) is 16.0. The predicted octanol–water partition coefficient (Wildman–Crippen LogP) is 1.38. The summed E-state index contributed by atoms with van der Waals surface area (Å²) in [5.74, 6) is 0.826. The molecule has 0 bridgehead atoms. The number of benzene rings is 1. The molecule has 1 fully saturated rings. The van der Waals surface area contributed by atoms with E-state index >= 15 is 0 Å². The van der Waals surface area contributed by atoms with Crippen molar-refractivity contribution < 1.29 is 13.2 Å². The highest BCUT2D eigenvalue weighted by Crippen LogP contribution is 2.22. The van der Waals surface area contributed by atoms with E-state index in [-0.39, 0.29) is 10.8 Å². The first-order chi connectivity index (χ1) is 15.8. The third-order valence-electron chi connectivity index (χ3n) is 6.35. The molecule has 0 aliphatic carbocycles. The van der Waals surface area contributed by atoms with Crippen molar-refractivity contribution in [2.75, 3.05) is 59.9 Å². The molecule has 10 heteroatoms. The van der Waals surface area contributed by atoms with Gasteiger partial charge in [0, 0.05) is 66.2 Å². The molecule has 2 heterocycles. The number of piperazine rings is 1. The molecular weight excluding hydrogens is 440 g/mol. The number of hydrogen-bond donors (Lipinski definition) is 1. The van der Waals surface area contributed by atoms with Crippen molar-refractivity contribution in [1.82, 2.24) is 29.0 Å². The van der Waals surface area contributed by atoms with Crippen LogP contribution in [0.3, 0.4) is 0 Å². The molecule has 33 heavy (non-hydrogen) atoms. The number of imidazole rings is 1. The minimum atomic E-state index is -3.52. The number of hydrogen-bond acceptors (Lipinski definition) is 6. The number of aromatic nitrogens is 2. The number of carbonyl (C=O) groups excluding carboxylic acids is 1. The van der Waals surface area contributed by atoms with Gasteiger partial charge in [0.1, 0.15) is 5.82 Å². The highest BCUT2D eigenvalue weighted by atomic mass is 32.2. The number of rotatable bonds is 11. The second-order valence-corrected chi connectivity index (χ2v) is 10.8. The Morgan fingerprint density at radius 2 is 1.79 bits per heavy atom. The Morgan fingerprint density at radius 3 is 2.42 bits per heavy atom. The number of likely N-dealkylation sites (N-methyl/N-ethyl adjacent to an activating group) is 1. The zero-order chi connectivity index (χ0) is 24.0. The number of nitrogens with one attached hydrogen (secondary N) is 1. The average Bonchev–Trinajstić information content (AvgIpc) is 3.17. The Balaban J connectivity index is 1.51. The largest absolute Gasteiger partial charge is 0.356 e. The summed E-state index contributed by atoms with van der Waals surface area (Å²) in [5, 5.41) is 3.03. The molecule has 9 nitrogen and oxygen atoms in total. The number of aryl methyl sites for hydroxylation is 2. The molecule has 3 rings (SSSR count). The van der Waals surface area contributed by atoms with Gasteiger partial charge in [-0.25, -0.2) is 17.7 Å². The zero-order valence-corrected chi connectivity index (χ0v) is 21.2. The van der Waals surface area contributed by atoms with Crippen LogP contribution in [0.15, 0.2) is 23.1 Å². The molecule has 1 aromatic heterocycles. The van der Waals surface area contributed by atoms with E-state index < -0.39 is 10.0 Å². The fourth-order valence-electron chi connectivity index (χ4n) is 4.25. The van der Waals surface area contributed by atoms with Crippen LogP contribution >= 0.6 is 0 Å². The SMILES string of the molecule is CCN1CCN(CCCNC(=O)CCc2nc3cc(S(=O)(=O)N(C)C)ccc3n2CC)CC1. The van der Waals surface area contributed by atoms with Crippen molar-refractivity contribution >= 4 is 27.0 Å². The molecule has 1 amide bonds. The third kappa shape index (κ3) is 6.32. The molecule has 0 unspecified atom stereocenters. The van der Waals surface area contributed by atoms with E-state index in [1.54, 1.807) is 18.2 Å². The Hall–Kier alpha value is -2.01. The second-order valence-electron chi connectivity index (χ2n) is 8.69. The molecule has 0 radical (unpaired) electrons. The first-order valence-electron chi connectivity index (χ1n) is 11.9. The van der Waals surface area contributed by atoms with Gasteiger partial charge in [0.05, 0.1) is 15.9 Å². The van der Waals surface area contributed by atoms with Crippen LogP contribution in [-0.4, -0.2) is 97.9 Å². The topological polar surface area (TPSA) is 90.8 Å². The van der Waals surface area contributed by atoms with Crippen molar-refractivity contribution in [3.63, 3.8) is 0 Å². The van der Waals surface area contributed by atoms with Crippen LogP contribution in [0.5, 0.6) is 0 Å². The van der Waals surface area contributed by atoms with Gasteiger partial charge in [-0.05, 0) is 44.6 Å². The Bertz CT molecular complexity index is 1040. The molecule has 184 valence electrons. The van der Waals surface area contributed by atoms with Crippen LogP contribution in [0, 0.1) is 0 Å². The standard InChI is InChI=1S/C23H38N6O3S/c1-5-27-14-16-28(17-15-27)13-7-12-24-23(30)11-10-22-25-20-18-19(33(31,32)26(3)4)8-9-21(20)29(22)6-2/h8-9,18H,5-7,10-17H2,1-4H3,(H,24,30). The van der Waals surface area contributed by atoms with Crippen LogP contribution in [0.25, 0.3) is 11.0 Å². The van der Waals surface area contributed by atoms with Crippen molar-refractivity contribution in [2.24, 2.45) is 0 Å². The molecular formula is C23H38N6O3S. The lowest BCUT2D eigenvalue weighted by atomic mass is 10.2. The van der Waals surface area contributed by atoms with Gasteiger partial charge < -0.3 is 19.7 Å². The number of carbonyl (C=O) groups is 1. The maximum Gasteiger partial charge on any atom is 0.242 e. The van der Waals surface area contributed by atoms with E-state index in [1.807, 2.05) is 11.5 Å². The predicted molar refractivity (Wildman–Crippen MR) is 131 cm³/mol. The highest BCUT2D eigenvalue weighted by molar-refractivity contribution is 7.89. The van der Waals surface area contributed by atoms with Crippen molar-refractivity contribution in [2.45, 2.75) is 44.6 Å². The fourth-order valence-corrected chi connectivity index (χ4v) is 5.17. The van der Waals surface area contributed by atoms with Crippen LogP contribution < -0.4 is 5.32 Å². The van der Waals surface area contributed by atoms with Crippen molar-refractivity contribution in [3.05, 3.63) is 24.0 Å². The van der Waals surface area contributed by atoms with Crippen LogP contribution in [0.4, 0.5) is 0 Å². The Morgan fingerprint density at radius 1 is 1.09 bits per heavy atom. The highest BCUT2D eigenvalue weighted by Gasteiger charge is 2.20. The molecule has 2 aromatic rings. The molecule has 0 spiro atoms. The molecule has 1 aliphatic rings. The van der Waals surface area contributed by atoms with Gasteiger partial charge >= 0.3 is 0 Å². The molecule has 0 atom stereocenters. The Kier molecular flexibility index (Phi) is 8.86. The van der Waals surface area contributed by atoms with Crippen LogP contribution in [0.2, 0.25) is 0 Å². The summed E-state index contributed by atoms with van der Waals surface area (Å²) in [6.07, 6.45) is 1.83. The number of nitrogens with zero attached hydrogens (tertiary/aromatic N) is 5. The number of sulfonamides is 1. The Labute approximate surface area is 197 Å². The first kappa shape index (κ1) is 25.6. The summed E-state index contributed by atoms with van der Waals surface area (Å²) in [5.41, 5.74) is 1.52. The molecule has 1 aromatic carbocycles. The van der Waals surface area contributed by atoms with Gasteiger partial charge in [0.15, 0.2) is 0 Å². The van der Waals surface area contributed by atoms with Crippen LogP contribution in [-0.2, 0) is 27.8 Å². The van der Waals surface area contributed by atoms with Gasteiger partial charge in [0.25, 0.3) is 0 Å². The first-order valence-corrected chi connectivity index (χ1v) is 13.3. The van der Waals surface area contributed by atoms with Gasteiger partial charge in [0.2, 0.25) is 15.9 Å². The fraction of sp³-hybridized carbons (Fsp3) is 0.652. The van der Waals surface area contributed by atoms with E-state index in [9.17, 15) is 13.2 Å². The van der Waals surface area contributed by atoms with Gasteiger partial charge in [-0.3, -0.25) is 4.79 Å². The quantitative estimate of drug-likeness (QED) is 0.491. The summed E-state index contributed by atoms with van der Waals surface area (Å²) >= 11 is 0. The van der Waals surface area contributed by atoms with Gasteiger partial charge in [-0.15, -0.1) is 0 Å². The third-order valence-corrected chi connectivity index (χ3v) is 8.17. The van der Waals surface area contributed by atoms with E-state index in [0.29, 0.717) is 31.4 Å². The zero-order valence-electron chi connectivity index (χ0n) is 20.4. The van der Waals surface area contributed by atoms with Crippen LogP contribution in [0.1, 0.15) is 32.5 Å². The van der Waals surface area contributed by atoms with E-state index in [0.717, 1.165) is 57.0 Å². The maximum absolute atomic E-state index is 12.4. The smallest absolute Gasteiger partial charge is 0.242 e. The van der Waals surface area contributed by atoms with E-state index in [1.165, 1.54) is 18.4 Å². The molecule has 0 saturated carbocycles. The summed E-state index contributed by atoms with van der Waals surface area (Å²) < 4.78 is 28.1. The maximum atomic E-state index is 12.4. The second kappa shape index (κ2) is 11.4. The number of amides is 1. The van der Waals surface area contributed by atoms with E-state index in [2.05, 4.69) is 27.0 Å². The monoisotopic (exact) mass is 478 g/mol. The molecule has 1 aliphatic heterocycles.